The second kappa shape index (κ2) is 8.29. The van der Waals surface area contributed by atoms with Gasteiger partial charge in [-0.1, -0.05) is 109 Å². The van der Waals surface area contributed by atoms with Crippen molar-refractivity contribution >= 4 is 75.0 Å². The van der Waals surface area contributed by atoms with Gasteiger partial charge in [0.1, 0.15) is 11.2 Å². The molecule has 2 heteroatoms. The van der Waals surface area contributed by atoms with Crippen molar-refractivity contribution in [3.8, 4) is 22.3 Å². The summed E-state index contributed by atoms with van der Waals surface area (Å²) in [5.41, 5.74) is 6.64. The molecule has 40 heavy (non-hydrogen) atoms. The van der Waals surface area contributed by atoms with Crippen LogP contribution in [0.5, 0.6) is 0 Å². The fourth-order valence-electron chi connectivity index (χ4n) is 6.46. The van der Waals surface area contributed by atoms with Crippen LogP contribution in [0, 0.1) is 0 Å². The molecule has 1 nitrogen and oxygen atoms in total. The molecular formula is C38H22OS. The van der Waals surface area contributed by atoms with E-state index in [1.807, 2.05) is 11.3 Å². The van der Waals surface area contributed by atoms with Crippen molar-refractivity contribution in [2.75, 3.05) is 0 Å². The molecule has 0 fully saturated rings. The maximum absolute atomic E-state index is 6.77. The maximum Gasteiger partial charge on any atom is 0.144 e. The van der Waals surface area contributed by atoms with Crippen LogP contribution >= 0.6 is 11.3 Å². The average Bonchev–Trinajstić information content (AvgIpc) is 3.57. The Hall–Kier alpha value is -4.92. The van der Waals surface area contributed by atoms with E-state index in [1.54, 1.807) is 0 Å². The highest BCUT2D eigenvalue weighted by atomic mass is 32.1. The summed E-state index contributed by atoms with van der Waals surface area (Å²) < 4.78 is 9.39. The summed E-state index contributed by atoms with van der Waals surface area (Å²) in [6, 6.07) is 48.2. The van der Waals surface area contributed by atoms with Crippen molar-refractivity contribution in [1.82, 2.24) is 0 Å². The van der Waals surface area contributed by atoms with Crippen molar-refractivity contribution in [2.45, 2.75) is 0 Å². The van der Waals surface area contributed by atoms with Crippen molar-refractivity contribution in [3.63, 3.8) is 0 Å². The molecule has 7 aromatic carbocycles. The molecule has 9 aromatic rings. The lowest BCUT2D eigenvalue weighted by atomic mass is 9.87. The molecule has 0 aliphatic heterocycles. The van der Waals surface area contributed by atoms with Crippen molar-refractivity contribution in [1.29, 1.82) is 0 Å². The SMILES string of the molecule is c1ccc2cc(-c3c4ccccc4c(-c4ccc5c(c4)sc4ccccc45)c4oc5ccccc5c34)ccc2c1. The van der Waals surface area contributed by atoms with Crippen LogP contribution in [0.25, 0.3) is 85.9 Å². The van der Waals surface area contributed by atoms with Gasteiger partial charge in [-0.3, -0.25) is 0 Å². The van der Waals surface area contributed by atoms with Gasteiger partial charge in [0.05, 0.1) is 0 Å². The Morgan fingerprint density at radius 3 is 1.93 bits per heavy atom. The Balaban J connectivity index is 1.44. The Labute approximate surface area is 234 Å². The van der Waals surface area contributed by atoms with Crippen molar-refractivity contribution in [2.24, 2.45) is 0 Å². The molecule has 0 bridgehead atoms. The summed E-state index contributed by atoms with van der Waals surface area (Å²) in [6.07, 6.45) is 0. The number of thiophene rings is 1. The predicted octanol–water partition coefficient (Wildman–Crippen LogP) is 11.6. The second-order valence-electron chi connectivity index (χ2n) is 10.5. The summed E-state index contributed by atoms with van der Waals surface area (Å²) in [5, 5.41) is 9.88. The van der Waals surface area contributed by atoms with E-state index in [4.69, 9.17) is 4.42 Å². The standard InChI is InChI=1S/C38H22OS/c1-2-10-24-21-25(18-17-23(24)9-1)35-29-12-3-4-13-30(29)36(38-37(35)31-14-5-7-15-32(31)39-38)26-19-20-28-27-11-6-8-16-33(27)40-34(28)22-26/h1-22H. The first-order valence-electron chi connectivity index (χ1n) is 13.6. The lowest BCUT2D eigenvalue weighted by molar-refractivity contribution is 0.670. The van der Waals surface area contributed by atoms with Gasteiger partial charge in [-0.2, -0.15) is 0 Å². The van der Waals surface area contributed by atoms with Crippen LogP contribution in [0.15, 0.2) is 138 Å². The minimum atomic E-state index is 0.916. The van der Waals surface area contributed by atoms with Crippen LogP contribution in [0.1, 0.15) is 0 Å². The zero-order chi connectivity index (χ0) is 26.2. The molecule has 0 aliphatic carbocycles. The molecule has 2 heterocycles. The number of hydrogen-bond acceptors (Lipinski definition) is 2. The highest BCUT2D eigenvalue weighted by Gasteiger charge is 2.22. The van der Waals surface area contributed by atoms with Crippen LogP contribution in [0.2, 0.25) is 0 Å². The number of benzene rings is 7. The van der Waals surface area contributed by atoms with E-state index in [0.717, 1.165) is 22.1 Å². The van der Waals surface area contributed by atoms with Crippen molar-refractivity contribution < 1.29 is 4.42 Å². The van der Waals surface area contributed by atoms with Gasteiger partial charge >= 0.3 is 0 Å². The minimum absolute atomic E-state index is 0.916. The predicted molar refractivity (Wildman–Crippen MR) is 172 cm³/mol. The second-order valence-corrected chi connectivity index (χ2v) is 11.6. The molecule has 0 atom stereocenters. The summed E-state index contributed by atoms with van der Waals surface area (Å²) >= 11 is 1.86. The number of furan rings is 1. The highest BCUT2D eigenvalue weighted by Crippen LogP contribution is 2.48. The lowest BCUT2D eigenvalue weighted by Crippen LogP contribution is -1.89. The van der Waals surface area contributed by atoms with E-state index in [2.05, 4.69) is 133 Å². The van der Waals surface area contributed by atoms with Crippen molar-refractivity contribution in [3.05, 3.63) is 133 Å². The average molecular weight is 527 g/mol. The molecule has 0 saturated heterocycles. The normalized spacial score (nSPS) is 12.0. The van der Waals surface area contributed by atoms with Gasteiger partial charge in [-0.15, -0.1) is 11.3 Å². The zero-order valence-electron chi connectivity index (χ0n) is 21.5. The number of rotatable bonds is 2. The van der Waals surface area contributed by atoms with E-state index in [9.17, 15) is 0 Å². The zero-order valence-corrected chi connectivity index (χ0v) is 22.3. The largest absolute Gasteiger partial charge is 0.455 e. The van der Waals surface area contributed by atoms with Gasteiger partial charge in [0, 0.05) is 42.1 Å². The summed E-state index contributed by atoms with van der Waals surface area (Å²) in [6.45, 7) is 0. The Morgan fingerprint density at radius 2 is 1.05 bits per heavy atom. The van der Waals surface area contributed by atoms with E-state index < -0.39 is 0 Å². The van der Waals surface area contributed by atoms with Crippen LogP contribution in [0.4, 0.5) is 0 Å². The summed E-state index contributed by atoms with van der Waals surface area (Å²) in [7, 11) is 0. The molecule has 186 valence electrons. The molecular weight excluding hydrogens is 504 g/mol. The number of fused-ring (bicyclic) bond motifs is 8. The first-order valence-corrected chi connectivity index (χ1v) is 14.4. The molecule has 2 aromatic heterocycles. The summed E-state index contributed by atoms with van der Waals surface area (Å²) in [5.74, 6) is 0. The smallest absolute Gasteiger partial charge is 0.144 e. The molecule has 0 amide bonds. The molecule has 0 radical (unpaired) electrons. The first-order chi connectivity index (χ1) is 19.8. The van der Waals surface area contributed by atoms with Gasteiger partial charge in [-0.25, -0.2) is 0 Å². The monoisotopic (exact) mass is 526 g/mol. The minimum Gasteiger partial charge on any atom is -0.455 e. The van der Waals surface area contributed by atoms with E-state index in [-0.39, 0.29) is 0 Å². The highest BCUT2D eigenvalue weighted by molar-refractivity contribution is 7.25. The molecule has 0 N–H and O–H groups in total. The fourth-order valence-corrected chi connectivity index (χ4v) is 7.60. The van der Waals surface area contributed by atoms with Gasteiger partial charge in [0.25, 0.3) is 0 Å². The van der Waals surface area contributed by atoms with Gasteiger partial charge < -0.3 is 4.42 Å². The molecule has 0 unspecified atom stereocenters. The van der Waals surface area contributed by atoms with Crippen LogP contribution < -0.4 is 0 Å². The Kier molecular flexibility index (Phi) is 4.55. The first kappa shape index (κ1) is 22.0. The van der Waals surface area contributed by atoms with Gasteiger partial charge in [0.15, 0.2) is 0 Å². The molecule has 0 aliphatic rings. The van der Waals surface area contributed by atoms with Gasteiger partial charge in [0.2, 0.25) is 0 Å². The topological polar surface area (TPSA) is 13.1 Å². The van der Waals surface area contributed by atoms with E-state index >= 15 is 0 Å². The third-order valence-corrected chi connectivity index (χ3v) is 9.38. The quantitative estimate of drug-likeness (QED) is 0.218. The lowest BCUT2D eigenvalue weighted by Gasteiger charge is -2.15. The van der Waals surface area contributed by atoms with Crippen LogP contribution in [-0.4, -0.2) is 0 Å². The molecule has 0 saturated carbocycles. The Bertz CT molecular complexity index is 2440. The molecule has 9 rings (SSSR count). The van der Waals surface area contributed by atoms with E-state index in [1.165, 1.54) is 63.8 Å². The van der Waals surface area contributed by atoms with E-state index in [0.29, 0.717) is 0 Å². The number of hydrogen-bond donors (Lipinski definition) is 0. The van der Waals surface area contributed by atoms with Crippen LogP contribution in [-0.2, 0) is 0 Å². The molecule has 0 spiro atoms. The summed E-state index contributed by atoms with van der Waals surface area (Å²) in [4.78, 5) is 0. The fraction of sp³-hybridized carbons (Fsp3) is 0. The number of para-hydroxylation sites is 1. The third-order valence-electron chi connectivity index (χ3n) is 8.24. The third kappa shape index (κ3) is 3.08. The Morgan fingerprint density at radius 1 is 0.425 bits per heavy atom. The van der Waals surface area contributed by atoms with Gasteiger partial charge in [-0.05, 0) is 56.9 Å². The maximum atomic E-state index is 6.77. The van der Waals surface area contributed by atoms with Crippen LogP contribution in [0.3, 0.4) is 0 Å².